The fraction of sp³-hybridized carbons (Fsp3) is 0.600. The number of piperazine rings is 1. The molecular weight excluding hydrogens is 552 g/mol. The first-order valence-corrected chi connectivity index (χ1v) is 14.4. The molecule has 1 aliphatic heterocycles. The molecule has 2 aromatic rings. The molecule has 41 heavy (non-hydrogen) atoms. The van der Waals surface area contributed by atoms with E-state index in [9.17, 15) is 18.4 Å². The average Bonchev–Trinajstić information content (AvgIpc) is 3.17. The molecule has 3 atom stereocenters. The predicted molar refractivity (Wildman–Crippen MR) is 155 cm³/mol. The second kappa shape index (κ2) is 11.7. The number of benzene rings is 1. The summed E-state index contributed by atoms with van der Waals surface area (Å²) in [5, 5.41) is -0.0458. The van der Waals surface area contributed by atoms with E-state index in [-0.39, 0.29) is 23.4 Å². The van der Waals surface area contributed by atoms with E-state index < -0.39 is 35.1 Å². The number of alkyl halides is 1. The quantitative estimate of drug-likeness (QED) is 0.409. The van der Waals surface area contributed by atoms with Crippen LogP contribution in [-0.4, -0.2) is 75.6 Å². The number of carbonyl (C=O) groups is 2. The Balaban J connectivity index is 1.58. The topological polar surface area (TPSA) is 78.9 Å². The van der Waals surface area contributed by atoms with Gasteiger partial charge in [0.05, 0.1) is 16.6 Å². The van der Waals surface area contributed by atoms with E-state index >= 15 is 0 Å². The summed E-state index contributed by atoms with van der Waals surface area (Å²) in [6.45, 7) is 14.7. The first kappa shape index (κ1) is 30.9. The third-order valence-corrected chi connectivity index (χ3v) is 7.87. The van der Waals surface area contributed by atoms with Gasteiger partial charge in [-0.15, -0.1) is 0 Å². The minimum Gasteiger partial charge on any atom is -0.444 e. The minimum absolute atomic E-state index is 0.00659. The Kier molecular flexibility index (Phi) is 8.83. The van der Waals surface area contributed by atoms with Crippen molar-refractivity contribution in [2.45, 2.75) is 84.0 Å². The first-order chi connectivity index (χ1) is 19.1. The van der Waals surface area contributed by atoms with Gasteiger partial charge < -0.3 is 19.4 Å². The van der Waals surface area contributed by atoms with Gasteiger partial charge in [0.2, 0.25) is 5.91 Å². The third kappa shape index (κ3) is 6.90. The SMILES string of the molecule is C[C@@H]1C[C@H](F)c2ncnc(N3CCN(C(=O)[C@H](CN(C(=O)OC(C)(C)C)C(C)(C)C)c4ccc(Cl)c(F)c4)CC3)c21. The molecule has 4 rings (SSSR count). The van der Waals surface area contributed by atoms with Gasteiger partial charge in [0.25, 0.3) is 0 Å². The van der Waals surface area contributed by atoms with E-state index in [0.29, 0.717) is 43.9 Å². The molecule has 0 bridgehead atoms. The number of halogens is 3. The summed E-state index contributed by atoms with van der Waals surface area (Å²) in [4.78, 5) is 41.3. The van der Waals surface area contributed by atoms with E-state index in [2.05, 4.69) is 14.9 Å². The van der Waals surface area contributed by atoms with Gasteiger partial charge in [-0.05, 0) is 71.6 Å². The Hall–Kier alpha value is -3.01. The zero-order valence-electron chi connectivity index (χ0n) is 24.9. The summed E-state index contributed by atoms with van der Waals surface area (Å²) in [5.74, 6) is -0.986. The van der Waals surface area contributed by atoms with Crippen LogP contribution in [0.1, 0.15) is 89.7 Å². The molecule has 0 N–H and O–H groups in total. The summed E-state index contributed by atoms with van der Waals surface area (Å²) in [5.41, 5.74) is 0.309. The average molecular weight is 592 g/mol. The molecule has 2 heterocycles. The lowest BCUT2D eigenvalue weighted by Crippen LogP contribution is -2.54. The molecule has 2 amide bonds. The lowest BCUT2D eigenvalue weighted by molar-refractivity contribution is -0.133. The highest BCUT2D eigenvalue weighted by Crippen LogP contribution is 2.44. The zero-order valence-corrected chi connectivity index (χ0v) is 25.6. The van der Waals surface area contributed by atoms with E-state index in [0.717, 1.165) is 11.4 Å². The number of carbonyl (C=O) groups excluding carboxylic acids is 2. The van der Waals surface area contributed by atoms with Gasteiger partial charge in [-0.1, -0.05) is 24.6 Å². The van der Waals surface area contributed by atoms with Crippen LogP contribution >= 0.6 is 11.6 Å². The van der Waals surface area contributed by atoms with Gasteiger partial charge >= 0.3 is 6.09 Å². The van der Waals surface area contributed by atoms with Crippen LogP contribution in [0.2, 0.25) is 5.02 Å². The predicted octanol–water partition coefficient (Wildman–Crippen LogP) is 6.25. The summed E-state index contributed by atoms with van der Waals surface area (Å²) in [6, 6.07) is 4.31. The minimum atomic E-state index is -1.10. The van der Waals surface area contributed by atoms with Gasteiger partial charge in [-0.25, -0.2) is 23.5 Å². The second-order valence-corrected chi connectivity index (χ2v) is 13.3. The monoisotopic (exact) mass is 591 g/mol. The molecule has 11 heteroatoms. The van der Waals surface area contributed by atoms with E-state index in [1.165, 1.54) is 23.4 Å². The van der Waals surface area contributed by atoms with E-state index in [1.807, 2.05) is 27.7 Å². The van der Waals surface area contributed by atoms with Gasteiger partial charge in [-0.2, -0.15) is 0 Å². The Morgan fingerprint density at radius 3 is 2.37 bits per heavy atom. The Morgan fingerprint density at radius 1 is 1.12 bits per heavy atom. The fourth-order valence-electron chi connectivity index (χ4n) is 5.45. The fourth-order valence-corrected chi connectivity index (χ4v) is 5.57. The van der Waals surface area contributed by atoms with Crippen molar-refractivity contribution < 1.29 is 23.1 Å². The van der Waals surface area contributed by atoms with Crippen LogP contribution in [-0.2, 0) is 9.53 Å². The standard InChI is InChI=1S/C30H40ClF2N5O3/c1-18-14-23(33)25-24(18)26(35-17-34-25)36-10-12-37(13-11-36)27(39)20(19-8-9-21(31)22(32)15-19)16-38(29(2,3)4)28(40)41-30(5,6)7/h8-9,15,17-18,20,23H,10-14,16H2,1-7H3/t18-,20-,23+/m1/s1. The maximum absolute atomic E-state index is 14.6. The number of aromatic nitrogens is 2. The Bertz CT molecular complexity index is 1290. The smallest absolute Gasteiger partial charge is 0.410 e. The van der Waals surface area contributed by atoms with Crippen LogP contribution in [0.25, 0.3) is 0 Å². The molecule has 0 saturated carbocycles. The molecule has 0 unspecified atom stereocenters. The van der Waals surface area contributed by atoms with Crippen molar-refractivity contribution in [3.8, 4) is 0 Å². The van der Waals surface area contributed by atoms with Gasteiger partial charge in [0.1, 0.15) is 29.7 Å². The molecule has 1 saturated heterocycles. The summed E-state index contributed by atoms with van der Waals surface area (Å²) < 4.78 is 34.8. The number of ether oxygens (including phenoxy) is 1. The van der Waals surface area contributed by atoms with E-state index in [1.54, 1.807) is 31.7 Å². The molecule has 0 spiro atoms. The van der Waals surface area contributed by atoms with Crippen LogP contribution in [0.15, 0.2) is 24.5 Å². The first-order valence-electron chi connectivity index (χ1n) is 14.0. The normalized spacial score (nSPS) is 20.0. The summed E-state index contributed by atoms with van der Waals surface area (Å²) >= 11 is 5.95. The largest absolute Gasteiger partial charge is 0.444 e. The van der Waals surface area contributed by atoms with Crippen molar-refractivity contribution in [1.82, 2.24) is 19.8 Å². The maximum Gasteiger partial charge on any atom is 0.410 e. The lowest BCUT2D eigenvalue weighted by Gasteiger charge is -2.41. The number of hydrogen-bond donors (Lipinski definition) is 0. The lowest BCUT2D eigenvalue weighted by atomic mass is 9.94. The molecule has 224 valence electrons. The van der Waals surface area contributed by atoms with Gasteiger partial charge in [0, 0.05) is 43.8 Å². The zero-order chi connectivity index (χ0) is 30.3. The highest BCUT2D eigenvalue weighted by Gasteiger charge is 2.39. The Morgan fingerprint density at radius 2 is 1.78 bits per heavy atom. The van der Waals surface area contributed by atoms with Crippen molar-refractivity contribution in [3.05, 3.63) is 52.2 Å². The molecule has 2 aliphatic rings. The molecule has 1 aromatic heterocycles. The van der Waals surface area contributed by atoms with Gasteiger partial charge in [-0.3, -0.25) is 4.79 Å². The molecule has 1 aliphatic carbocycles. The van der Waals surface area contributed by atoms with Crippen molar-refractivity contribution in [2.75, 3.05) is 37.6 Å². The van der Waals surface area contributed by atoms with Crippen LogP contribution in [0.5, 0.6) is 0 Å². The number of amides is 2. The van der Waals surface area contributed by atoms with Crippen LogP contribution in [0.3, 0.4) is 0 Å². The highest BCUT2D eigenvalue weighted by atomic mass is 35.5. The summed E-state index contributed by atoms with van der Waals surface area (Å²) in [6.07, 6.45) is 0.140. The number of anilines is 1. The van der Waals surface area contributed by atoms with Crippen molar-refractivity contribution in [3.63, 3.8) is 0 Å². The van der Waals surface area contributed by atoms with Gasteiger partial charge in [0.15, 0.2) is 0 Å². The molecule has 1 fully saturated rings. The second-order valence-electron chi connectivity index (χ2n) is 12.9. The number of fused-ring (bicyclic) bond motifs is 1. The number of nitrogens with zero attached hydrogens (tertiary/aromatic N) is 5. The number of hydrogen-bond acceptors (Lipinski definition) is 6. The summed E-state index contributed by atoms with van der Waals surface area (Å²) in [7, 11) is 0. The van der Waals surface area contributed by atoms with Crippen LogP contribution in [0.4, 0.5) is 19.4 Å². The molecule has 8 nitrogen and oxygen atoms in total. The molecule has 1 aromatic carbocycles. The van der Waals surface area contributed by atoms with Crippen molar-refractivity contribution >= 4 is 29.4 Å². The van der Waals surface area contributed by atoms with Crippen LogP contribution < -0.4 is 4.90 Å². The van der Waals surface area contributed by atoms with Crippen molar-refractivity contribution in [2.24, 2.45) is 0 Å². The van der Waals surface area contributed by atoms with Crippen molar-refractivity contribution in [1.29, 1.82) is 0 Å². The molecular formula is C30H40ClF2N5O3. The Labute approximate surface area is 246 Å². The maximum atomic E-state index is 14.6. The van der Waals surface area contributed by atoms with Crippen LogP contribution in [0, 0.1) is 5.82 Å². The third-order valence-electron chi connectivity index (χ3n) is 7.57. The molecule has 0 radical (unpaired) electrons. The number of rotatable bonds is 5. The van der Waals surface area contributed by atoms with E-state index in [4.69, 9.17) is 16.3 Å². The highest BCUT2D eigenvalue weighted by molar-refractivity contribution is 6.30.